The Kier molecular flexibility index (Phi) is 7.99. The number of methoxy groups -OCH3 is 4. The molecule has 0 N–H and O–H groups in total. The Hall–Kier alpha value is -6.14. The summed E-state index contributed by atoms with van der Waals surface area (Å²) in [7, 11) is 6.45. The predicted octanol–water partition coefficient (Wildman–Crippen LogP) is 9.16. The number of benzene rings is 6. The molecule has 7 rings (SSSR count). The van der Waals surface area contributed by atoms with Crippen LogP contribution in [0.25, 0.3) is 44.5 Å². The molecule has 0 aromatic heterocycles. The average molecular weight is 633 g/mol. The average Bonchev–Trinajstić information content (AvgIpc) is 3.16. The fraction of sp³-hybridized carbons (Fsp3) is 0.0952. The van der Waals surface area contributed by atoms with Crippen LogP contribution in [0.3, 0.4) is 0 Å². The zero-order valence-corrected chi connectivity index (χ0v) is 27.0. The van der Waals surface area contributed by atoms with Gasteiger partial charge in [0.25, 0.3) is 0 Å². The third-order valence-electron chi connectivity index (χ3n) is 8.92. The molecule has 6 aromatic carbocycles. The first-order valence-corrected chi connectivity index (χ1v) is 15.5. The second-order valence-electron chi connectivity index (χ2n) is 11.4. The van der Waals surface area contributed by atoms with Crippen LogP contribution in [-0.4, -0.2) is 40.0 Å². The summed E-state index contributed by atoms with van der Waals surface area (Å²) < 4.78 is 21.6. The number of ketones is 2. The van der Waals surface area contributed by atoms with E-state index in [2.05, 4.69) is 0 Å². The monoisotopic (exact) mass is 632 g/mol. The van der Waals surface area contributed by atoms with Gasteiger partial charge in [-0.25, -0.2) is 0 Å². The lowest BCUT2D eigenvalue weighted by atomic mass is 9.73. The van der Waals surface area contributed by atoms with Gasteiger partial charge in [-0.3, -0.25) is 9.59 Å². The maximum Gasteiger partial charge on any atom is 0.195 e. The number of fused-ring (bicyclic) bond motifs is 2. The molecule has 1 aliphatic carbocycles. The van der Waals surface area contributed by atoms with Gasteiger partial charge in [0, 0.05) is 22.3 Å². The summed E-state index contributed by atoms with van der Waals surface area (Å²) >= 11 is 0. The number of rotatable bonds is 8. The van der Waals surface area contributed by atoms with Gasteiger partial charge in [-0.1, -0.05) is 72.8 Å². The molecule has 0 heterocycles. The summed E-state index contributed by atoms with van der Waals surface area (Å²) in [6.45, 7) is 0. The minimum Gasteiger partial charge on any atom is -0.497 e. The van der Waals surface area contributed by atoms with Crippen molar-refractivity contribution in [2.75, 3.05) is 28.4 Å². The van der Waals surface area contributed by atoms with E-state index in [1.807, 2.05) is 121 Å². The number of hydrogen-bond donors (Lipinski definition) is 0. The van der Waals surface area contributed by atoms with Crippen LogP contribution in [0.2, 0.25) is 0 Å². The highest BCUT2D eigenvalue weighted by molar-refractivity contribution is 6.35. The van der Waals surface area contributed by atoms with Gasteiger partial charge in [0.05, 0.1) is 28.4 Å². The van der Waals surface area contributed by atoms with Gasteiger partial charge >= 0.3 is 0 Å². The van der Waals surface area contributed by atoms with Gasteiger partial charge in [0.2, 0.25) is 0 Å². The summed E-state index contributed by atoms with van der Waals surface area (Å²) in [5, 5.41) is 0. The molecule has 6 aromatic rings. The van der Waals surface area contributed by atoms with Crippen LogP contribution in [0.1, 0.15) is 31.8 Å². The first kappa shape index (κ1) is 30.5. The number of ether oxygens (including phenoxy) is 4. The molecule has 0 unspecified atom stereocenters. The van der Waals surface area contributed by atoms with Crippen LogP contribution in [0, 0.1) is 0 Å². The molecule has 48 heavy (non-hydrogen) atoms. The van der Waals surface area contributed by atoms with E-state index in [0.29, 0.717) is 67.5 Å². The Labute approximate surface area is 279 Å². The SMILES string of the molecule is COc1ccc(-c2ccc(-c3ccc(OC)cc3)c3c2C(=O)c2c(-c4ccc(OC)cc4)ccc(-c4ccc(OC)cc4)c2C3=O)cc1. The summed E-state index contributed by atoms with van der Waals surface area (Å²) in [6, 6.07) is 37.8. The quantitative estimate of drug-likeness (QED) is 0.166. The zero-order chi connectivity index (χ0) is 33.4. The number of hydrogen-bond acceptors (Lipinski definition) is 6. The van der Waals surface area contributed by atoms with E-state index in [-0.39, 0.29) is 11.6 Å². The van der Waals surface area contributed by atoms with Crippen molar-refractivity contribution in [3.05, 3.63) is 144 Å². The van der Waals surface area contributed by atoms with Crippen LogP contribution in [0.4, 0.5) is 0 Å². The fourth-order valence-electron chi connectivity index (χ4n) is 6.44. The first-order valence-electron chi connectivity index (χ1n) is 15.5. The van der Waals surface area contributed by atoms with Gasteiger partial charge in [0.1, 0.15) is 23.0 Å². The maximum absolute atomic E-state index is 15.2. The van der Waals surface area contributed by atoms with E-state index < -0.39 is 0 Å². The maximum atomic E-state index is 15.2. The Morgan fingerprint density at radius 1 is 0.292 bits per heavy atom. The number of carbonyl (C=O) groups is 2. The van der Waals surface area contributed by atoms with E-state index in [1.54, 1.807) is 28.4 Å². The van der Waals surface area contributed by atoms with Crippen LogP contribution in [-0.2, 0) is 0 Å². The van der Waals surface area contributed by atoms with E-state index in [1.165, 1.54) is 0 Å². The molecular weight excluding hydrogens is 600 g/mol. The largest absolute Gasteiger partial charge is 0.497 e. The molecule has 236 valence electrons. The highest BCUT2D eigenvalue weighted by atomic mass is 16.5. The predicted molar refractivity (Wildman–Crippen MR) is 188 cm³/mol. The van der Waals surface area contributed by atoms with Gasteiger partial charge in [0.15, 0.2) is 11.6 Å². The Balaban J connectivity index is 1.54. The summed E-state index contributed by atoms with van der Waals surface area (Å²) in [5.41, 5.74) is 7.36. The van der Waals surface area contributed by atoms with Crippen LogP contribution >= 0.6 is 0 Å². The summed E-state index contributed by atoms with van der Waals surface area (Å²) in [4.78, 5) is 30.4. The minimum atomic E-state index is -0.220. The summed E-state index contributed by atoms with van der Waals surface area (Å²) in [6.07, 6.45) is 0. The van der Waals surface area contributed by atoms with Crippen LogP contribution in [0.5, 0.6) is 23.0 Å². The van der Waals surface area contributed by atoms with Crippen molar-refractivity contribution < 1.29 is 28.5 Å². The van der Waals surface area contributed by atoms with Crippen LogP contribution < -0.4 is 18.9 Å². The molecule has 6 nitrogen and oxygen atoms in total. The van der Waals surface area contributed by atoms with Crippen molar-refractivity contribution in [2.45, 2.75) is 0 Å². The summed E-state index contributed by atoms with van der Waals surface area (Å²) in [5.74, 6) is 2.34. The smallest absolute Gasteiger partial charge is 0.195 e. The van der Waals surface area contributed by atoms with Crippen molar-refractivity contribution in [3.8, 4) is 67.5 Å². The lowest BCUT2D eigenvalue weighted by molar-refractivity contribution is 0.0981. The zero-order valence-electron chi connectivity index (χ0n) is 27.0. The third-order valence-corrected chi connectivity index (χ3v) is 8.92. The molecule has 0 radical (unpaired) electrons. The lowest BCUT2D eigenvalue weighted by Crippen LogP contribution is -2.24. The second kappa shape index (κ2) is 12.6. The highest BCUT2D eigenvalue weighted by Crippen LogP contribution is 2.46. The van der Waals surface area contributed by atoms with Gasteiger partial charge in [-0.2, -0.15) is 0 Å². The molecule has 6 heteroatoms. The topological polar surface area (TPSA) is 71.1 Å². The van der Waals surface area contributed by atoms with Crippen LogP contribution in [0.15, 0.2) is 121 Å². The van der Waals surface area contributed by atoms with Crippen molar-refractivity contribution in [3.63, 3.8) is 0 Å². The molecule has 0 aliphatic heterocycles. The molecule has 1 aliphatic rings. The molecule has 0 saturated heterocycles. The highest BCUT2D eigenvalue weighted by Gasteiger charge is 2.38. The Bertz CT molecular complexity index is 1850. The molecule has 0 fully saturated rings. The van der Waals surface area contributed by atoms with E-state index >= 15 is 9.59 Å². The molecule has 0 bridgehead atoms. The van der Waals surface area contributed by atoms with Crippen molar-refractivity contribution in [1.29, 1.82) is 0 Å². The Morgan fingerprint density at radius 3 is 0.646 bits per heavy atom. The number of carbonyl (C=O) groups excluding carboxylic acids is 2. The molecule has 0 saturated carbocycles. The molecule has 0 spiro atoms. The third kappa shape index (κ3) is 5.17. The molecule has 0 atom stereocenters. The standard InChI is InChI=1S/C42H32O6/c1-45-29-13-5-25(6-14-29)33-21-22-34(26-7-15-30(46-2)16-8-26)38-37(33)41(43)39-35(27-9-17-31(47-3)18-10-27)23-24-36(40(39)42(38)44)28-11-19-32(48-4)20-12-28/h5-24H,1-4H3. The minimum absolute atomic E-state index is 0.220. The normalized spacial score (nSPS) is 11.8. The Morgan fingerprint density at radius 2 is 0.479 bits per heavy atom. The first-order chi connectivity index (χ1) is 23.4. The van der Waals surface area contributed by atoms with Gasteiger partial charge in [-0.05, 0) is 93.0 Å². The van der Waals surface area contributed by atoms with Crippen molar-refractivity contribution in [1.82, 2.24) is 0 Å². The van der Waals surface area contributed by atoms with E-state index in [9.17, 15) is 0 Å². The van der Waals surface area contributed by atoms with Gasteiger partial charge < -0.3 is 18.9 Å². The van der Waals surface area contributed by atoms with Crippen molar-refractivity contribution in [2.24, 2.45) is 0 Å². The lowest BCUT2D eigenvalue weighted by Gasteiger charge is -2.27. The fourth-order valence-corrected chi connectivity index (χ4v) is 6.44. The van der Waals surface area contributed by atoms with E-state index in [0.717, 1.165) is 22.3 Å². The second-order valence-corrected chi connectivity index (χ2v) is 11.4. The van der Waals surface area contributed by atoms with Gasteiger partial charge in [-0.15, -0.1) is 0 Å². The van der Waals surface area contributed by atoms with Crippen molar-refractivity contribution >= 4 is 11.6 Å². The molecule has 0 amide bonds. The van der Waals surface area contributed by atoms with E-state index in [4.69, 9.17) is 18.9 Å². The molecular formula is C42H32O6.